The minimum Gasteiger partial charge on any atom is -0.496 e. The standard InChI is InChI=1S/C23H25N3O7/c1-30-17-5-3-2-4-15(17)8-9-24-21(27)22(28)25-13-20-26(10-11-31-20)23(29)16-6-7-18-19(12-16)33-14-32-18/h2-7,12,20H,8-11,13-14H2,1H3,(H,24,27)(H,25,28)/t20-/m0/s1. The summed E-state index contributed by atoms with van der Waals surface area (Å²) in [5.41, 5.74) is 1.35. The van der Waals surface area contributed by atoms with E-state index >= 15 is 0 Å². The lowest BCUT2D eigenvalue weighted by Gasteiger charge is -2.23. The Morgan fingerprint density at radius 1 is 1.06 bits per heavy atom. The van der Waals surface area contributed by atoms with Gasteiger partial charge in [0.05, 0.1) is 20.3 Å². The van der Waals surface area contributed by atoms with Crippen molar-refractivity contribution in [2.45, 2.75) is 12.6 Å². The van der Waals surface area contributed by atoms with E-state index in [0.29, 0.717) is 36.6 Å². The molecule has 2 aliphatic rings. The maximum atomic E-state index is 12.9. The summed E-state index contributed by atoms with van der Waals surface area (Å²) in [6.07, 6.45) is -0.152. The molecule has 174 valence electrons. The zero-order valence-corrected chi connectivity index (χ0v) is 18.2. The minimum absolute atomic E-state index is 0.00491. The predicted octanol–water partition coefficient (Wildman–Crippen LogP) is 0.698. The molecule has 0 aliphatic carbocycles. The summed E-state index contributed by atoms with van der Waals surface area (Å²) in [7, 11) is 1.58. The fraction of sp³-hybridized carbons (Fsp3) is 0.348. The van der Waals surface area contributed by atoms with Crippen LogP contribution >= 0.6 is 0 Å². The lowest BCUT2D eigenvalue weighted by Crippen LogP contribution is -2.47. The van der Waals surface area contributed by atoms with Crippen molar-refractivity contribution in [1.29, 1.82) is 0 Å². The minimum atomic E-state index is -0.791. The topological polar surface area (TPSA) is 115 Å². The van der Waals surface area contributed by atoms with Crippen LogP contribution in [0.5, 0.6) is 17.2 Å². The summed E-state index contributed by atoms with van der Waals surface area (Å²) >= 11 is 0. The van der Waals surface area contributed by atoms with Gasteiger partial charge in [0.15, 0.2) is 11.5 Å². The van der Waals surface area contributed by atoms with Gasteiger partial charge in [-0.1, -0.05) is 18.2 Å². The van der Waals surface area contributed by atoms with Crippen molar-refractivity contribution in [1.82, 2.24) is 15.5 Å². The van der Waals surface area contributed by atoms with Gasteiger partial charge in [-0.05, 0) is 36.2 Å². The Hall–Kier alpha value is -3.79. The first kappa shape index (κ1) is 22.4. The second kappa shape index (κ2) is 10.2. The van der Waals surface area contributed by atoms with Crippen LogP contribution in [0, 0.1) is 0 Å². The molecule has 0 spiro atoms. The number of benzene rings is 2. The Kier molecular flexibility index (Phi) is 6.94. The third kappa shape index (κ3) is 5.17. The number of fused-ring (bicyclic) bond motifs is 1. The van der Waals surface area contributed by atoms with Crippen molar-refractivity contribution in [3.63, 3.8) is 0 Å². The van der Waals surface area contributed by atoms with E-state index < -0.39 is 18.0 Å². The fourth-order valence-corrected chi connectivity index (χ4v) is 3.68. The van der Waals surface area contributed by atoms with E-state index in [-0.39, 0.29) is 25.8 Å². The van der Waals surface area contributed by atoms with Gasteiger partial charge in [-0.15, -0.1) is 0 Å². The molecule has 2 N–H and O–H groups in total. The van der Waals surface area contributed by atoms with Gasteiger partial charge < -0.3 is 34.5 Å². The molecule has 2 aliphatic heterocycles. The maximum Gasteiger partial charge on any atom is 0.309 e. The first-order chi connectivity index (χ1) is 16.1. The number of methoxy groups -OCH3 is 1. The number of hydrogen-bond donors (Lipinski definition) is 2. The summed E-state index contributed by atoms with van der Waals surface area (Å²) < 4.78 is 21.5. The molecular weight excluding hydrogens is 430 g/mol. The SMILES string of the molecule is COc1ccccc1CCNC(=O)C(=O)NC[C@@H]1OCCN1C(=O)c1ccc2c(c1)OCO2. The molecule has 0 bridgehead atoms. The summed E-state index contributed by atoms with van der Waals surface area (Å²) in [6.45, 7) is 1.10. The van der Waals surface area contributed by atoms with Crippen LogP contribution in [0.4, 0.5) is 0 Å². The van der Waals surface area contributed by atoms with E-state index in [1.54, 1.807) is 25.3 Å². The summed E-state index contributed by atoms with van der Waals surface area (Å²) in [5.74, 6) is 0.0195. The molecule has 33 heavy (non-hydrogen) atoms. The summed E-state index contributed by atoms with van der Waals surface area (Å²) in [6, 6.07) is 12.4. The molecule has 0 unspecified atom stereocenters. The van der Waals surface area contributed by atoms with Gasteiger partial charge >= 0.3 is 11.8 Å². The van der Waals surface area contributed by atoms with E-state index in [4.69, 9.17) is 18.9 Å². The highest BCUT2D eigenvalue weighted by molar-refractivity contribution is 6.35. The molecule has 4 rings (SSSR count). The second-order valence-electron chi connectivity index (χ2n) is 7.42. The molecule has 1 saturated heterocycles. The number of nitrogens with zero attached hydrogens (tertiary/aromatic N) is 1. The number of rotatable bonds is 7. The Morgan fingerprint density at radius 3 is 2.70 bits per heavy atom. The maximum absolute atomic E-state index is 12.9. The number of amides is 3. The second-order valence-corrected chi connectivity index (χ2v) is 7.42. The monoisotopic (exact) mass is 455 g/mol. The zero-order valence-electron chi connectivity index (χ0n) is 18.2. The van der Waals surface area contributed by atoms with Crippen LogP contribution in [-0.4, -0.2) is 69.0 Å². The smallest absolute Gasteiger partial charge is 0.309 e. The van der Waals surface area contributed by atoms with Crippen LogP contribution in [-0.2, 0) is 20.7 Å². The molecule has 1 fully saturated rings. The van der Waals surface area contributed by atoms with Crippen molar-refractivity contribution < 1.29 is 33.3 Å². The number of para-hydroxylation sites is 1. The quantitative estimate of drug-likeness (QED) is 0.591. The van der Waals surface area contributed by atoms with Gasteiger partial charge in [0.2, 0.25) is 6.79 Å². The van der Waals surface area contributed by atoms with Crippen LogP contribution in [0.25, 0.3) is 0 Å². The van der Waals surface area contributed by atoms with Gasteiger partial charge in [0.25, 0.3) is 5.91 Å². The highest BCUT2D eigenvalue weighted by Crippen LogP contribution is 2.33. The highest BCUT2D eigenvalue weighted by atomic mass is 16.7. The van der Waals surface area contributed by atoms with E-state index in [9.17, 15) is 14.4 Å². The Labute approximate surface area is 190 Å². The van der Waals surface area contributed by atoms with Gasteiger partial charge in [-0.3, -0.25) is 14.4 Å². The van der Waals surface area contributed by atoms with E-state index in [2.05, 4.69) is 10.6 Å². The predicted molar refractivity (Wildman–Crippen MR) is 116 cm³/mol. The van der Waals surface area contributed by atoms with Crippen LogP contribution in [0.15, 0.2) is 42.5 Å². The number of ether oxygens (including phenoxy) is 4. The van der Waals surface area contributed by atoms with Crippen molar-refractivity contribution in [2.24, 2.45) is 0 Å². The van der Waals surface area contributed by atoms with E-state index in [1.165, 1.54) is 4.90 Å². The molecule has 0 aromatic heterocycles. The van der Waals surface area contributed by atoms with Crippen LogP contribution in [0.2, 0.25) is 0 Å². The summed E-state index contributed by atoms with van der Waals surface area (Å²) in [5, 5.41) is 5.12. The Bertz CT molecular complexity index is 1040. The average Bonchev–Trinajstić information content (AvgIpc) is 3.51. The van der Waals surface area contributed by atoms with Gasteiger partial charge in [0.1, 0.15) is 12.0 Å². The molecule has 0 saturated carbocycles. The van der Waals surface area contributed by atoms with Gasteiger partial charge in [-0.2, -0.15) is 0 Å². The van der Waals surface area contributed by atoms with Crippen LogP contribution < -0.4 is 24.8 Å². The van der Waals surface area contributed by atoms with E-state index in [0.717, 1.165) is 11.3 Å². The molecule has 1 atom stereocenters. The van der Waals surface area contributed by atoms with Crippen molar-refractivity contribution in [3.05, 3.63) is 53.6 Å². The number of carbonyl (C=O) groups is 3. The third-order valence-corrected chi connectivity index (χ3v) is 5.39. The molecule has 0 radical (unpaired) electrons. The third-order valence-electron chi connectivity index (χ3n) is 5.39. The summed E-state index contributed by atoms with van der Waals surface area (Å²) in [4.78, 5) is 38.8. The van der Waals surface area contributed by atoms with Crippen LogP contribution in [0.1, 0.15) is 15.9 Å². The number of carbonyl (C=O) groups excluding carboxylic acids is 3. The van der Waals surface area contributed by atoms with Crippen molar-refractivity contribution >= 4 is 17.7 Å². The largest absolute Gasteiger partial charge is 0.496 e. The van der Waals surface area contributed by atoms with E-state index in [1.807, 2.05) is 24.3 Å². The Balaban J connectivity index is 1.25. The molecule has 10 nitrogen and oxygen atoms in total. The van der Waals surface area contributed by atoms with Crippen molar-refractivity contribution in [3.8, 4) is 17.2 Å². The van der Waals surface area contributed by atoms with Crippen molar-refractivity contribution in [2.75, 3.05) is 40.1 Å². The van der Waals surface area contributed by atoms with Crippen LogP contribution in [0.3, 0.4) is 0 Å². The number of hydrogen-bond acceptors (Lipinski definition) is 7. The molecule has 2 aromatic carbocycles. The lowest BCUT2D eigenvalue weighted by molar-refractivity contribution is -0.139. The lowest BCUT2D eigenvalue weighted by atomic mass is 10.1. The van der Waals surface area contributed by atoms with Gasteiger partial charge in [0, 0.05) is 18.7 Å². The van der Waals surface area contributed by atoms with Gasteiger partial charge in [-0.25, -0.2) is 0 Å². The molecule has 10 heteroatoms. The number of nitrogens with one attached hydrogen (secondary N) is 2. The highest BCUT2D eigenvalue weighted by Gasteiger charge is 2.32. The fourth-order valence-electron chi connectivity index (χ4n) is 3.68. The zero-order chi connectivity index (χ0) is 23.2. The normalized spacial score (nSPS) is 16.4. The first-order valence-corrected chi connectivity index (χ1v) is 10.6. The average molecular weight is 455 g/mol. The molecule has 3 amide bonds. The molecular formula is C23H25N3O7. The Morgan fingerprint density at radius 2 is 1.85 bits per heavy atom. The molecule has 2 heterocycles. The first-order valence-electron chi connectivity index (χ1n) is 10.6. The molecule has 2 aromatic rings.